The Morgan fingerprint density at radius 2 is 1.89 bits per heavy atom. The normalized spacial score (nSPS) is 28.2. The van der Waals surface area contributed by atoms with Gasteiger partial charge in [-0.1, -0.05) is 18.2 Å². The van der Waals surface area contributed by atoms with Crippen LogP contribution in [0, 0.1) is 5.92 Å². The number of ether oxygens (including phenoxy) is 1. The number of carbonyl (C=O) groups is 1. The summed E-state index contributed by atoms with van der Waals surface area (Å²) in [6, 6.07) is 0. The number of carbonyl (C=O) groups excluding carboxylic acids is 1. The predicted molar refractivity (Wildman–Crippen MR) is 73.4 cm³/mol. The first-order chi connectivity index (χ1) is 8.77. The molecule has 1 aliphatic heterocycles. The summed E-state index contributed by atoms with van der Waals surface area (Å²) >= 11 is 0. The van der Waals surface area contributed by atoms with E-state index in [0.29, 0.717) is 6.42 Å². The Morgan fingerprint density at radius 1 is 1.32 bits per heavy atom. The van der Waals surface area contributed by atoms with Crippen LogP contribution in [0.4, 0.5) is 0 Å². The maximum Gasteiger partial charge on any atom is 0.494 e. The van der Waals surface area contributed by atoms with Crippen LogP contribution in [0.1, 0.15) is 34.1 Å². The highest BCUT2D eigenvalue weighted by Gasteiger charge is 2.52. The van der Waals surface area contributed by atoms with Crippen molar-refractivity contribution in [2.75, 3.05) is 7.11 Å². The largest absolute Gasteiger partial charge is 0.494 e. The highest BCUT2D eigenvalue weighted by Crippen LogP contribution is 2.39. The molecule has 1 fully saturated rings. The van der Waals surface area contributed by atoms with Crippen molar-refractivity contribution in [3.05, 3.63) is 23.7 Å². The number of hydrogen-bond acceptors (Lipinski definition) is 4. The zero-order valence-corrected chi connectivity index (χ0v) is 12.2. The van der Waals surface area contributed by atoms with Crippen LogP contribution in [0.15, 0.2) is 23.7 Å². The third-order valence-electron chi connectivity index (χ3n) is 4.16. The van der Waals surface area contributed by atoms with E-state index in [1.807, 2.05) is 45.9 Å². The van der Waals surface area contributed by atoms with Crippen molar-refractivity contribution in [2.45, 2.75) is 45.3 Å². The Morgan fingerprint density at radius 3 is 2.32 bits per heavy atom. The van der Waals surface area contributed by atoms with Gasteiger partial charge < -0.3 is 14.0 Å². The molecular weight excluding hydrogens is 243 g/mol. The Kier molecular flexibility index (Phi) is 3.62. The average molecular weight is 264 g/mol. The Bertz CT molecular complexity index is 421. The van der Waals surface area contributed by atoms with Crippen LogP contribution in [-0.4, -0.2) is 31.4 Å². The van der Waals surface area contributed by atoms with Gasteiger partial charge in [0.2, 0.25) is 0 Å². The Labute approximate surface area is 114 Å². The van der Waals surface area contributed by atoms with Gasteiger partial charge in [0.05, 0.1) is 24.2 Å². The van der Waals surface area contributed by atoms with Crippen molar-refractivity contribution in [2.24, 2.45) is 5.92 Å². The van der Waals surface area contributed by atoms with Gasteiger partial charge in [-0.2, -0.15) is 0 Å². The lowest BCUT2D eigenvalue weighted by Gasteiger charge is -2.32. The van der Waals surface area contributed by atoms with Gasteiger partial charge in [-0.15, -0.1) is 0 Å². The molecule has 0 aromatic carbocycles. The van der Waals surface area contributed by atoms with Gasteiger partial charge in [0.25, 0.3) is 0 Å². The van der Waals surface area contributed by atoms with E-state index in [1.165, 1.54) is 7.11 Å². The van der Waals surface area contributed by atoms with Crippen molar-refractivity contribution in [1.29, 1.82) is 0 Å². The second kappa shape index (κ2) is 4.80. The van der Waals surface area contributed by atoms with Gasteiger partial charge in [0, 0.05) is 0 Å². The molecule has 1 saturated heterocycles. The smallest absolute Gasteiger partial charge is 0.469 e. The van der Waals surface area contributed by atoms with Crippen molar-refractivity contribution < 1.29 is 18.8 Å². The molecular formula is C14H21BO4. The molecule has 0 bridgehead atoms. The van der Waals surface area contributed by atoms with E-state index in [4.69, 9.17) is 14.0 Å². The van der Waals surface area contributed by atoms with Crippen LogP contribution < -0.4 is 0 Å². The molecule has 1 aliphatic carbocycles. The summed E-state index contributed by atoms with van der Waals surface area (Å²) in [5.41, 5.74) is 0.288. The first-order valence-electron chi connectivity index (χ1n) is 6.58. The van der Waals surface area contributed by atoms with E-state index in [1.54, 1.807) is 0 Å². The molecule has 0 aromatic heterocycles. The second-order valence-corrected chi connectivity index (χ2v) is 6.02. The van der Waals surface area contributed by atoms with E-state index in [9.17, 15) is 4.79 Å². The molecule has 1 unspecified atom stereocenters. The number of rotatable bonds is 2. The fourth-order valence-electron chi connectivity index (χ4n) is 2.12. The molecule has 19 heavy (non-hydrogen) atoms. The third kappa shape index (κ3) is 2.62. The monoisotopic (exact) mass is 264 g/mol. The van der Waals surface area contributed by atoms with E-state index in [-0.39, 0.29) is 30.2 Å². The lowest BCUT2D eigenvalue weighted by Crippen LogP contribution is -2.41. The topological polar surface area (TPSA) is 44.8 Å². The lowest BCUT2D eigenvalue weighted by molar-refractivity contribution is -0.143. The van der Waals surface area contributed by atoms with Crippen molar-refractivity contribution in [1.82, 2.24) is 0 Å². The SMILES string of the molecule is COC(=O)C1C=CC(B2OC(C)(C)C(C)(C)O2)=CC1. The lowest BCUT2D eigenvalue weighted by atomic mass is 9.74. The molecule has 1 heterocycles. The highest BCUT2D eigenvalue weighted by molar-refractivity contribution is 6.55. The van der Waals surface area contributed by atoms with Gasteiger partial charge in [0.15, 0.2) is 0 Å². The molecule has 104 valence electrons. The zero-order chi connectivity index (χ0) is 14.3. The van der Waals surface area contributed by atoms with E-state index >= 15 is 0 Å². The molecule has 0 amide bonds. The van der Waals surface area contributed by atoms with Gasteiger partial charge >= 0.3 is 13.1 Å². The number of allylic oxidation sites excluding steroid dienone is 3. The molecule has 0 saturated carbocycles. The summed E-state index contributed by atoms with van der Waals surface area (Å²) in [6.45, 7) is 8.10. The quantitative estimate of drug-likeness (QED) is 0.567. The summed E-state index contributed by atoms with van der Waals surface area (Å²) in [5, 5.41) is 0. The van der Waals surface area contributed by atoms with E-state index in [2.05, 4.69) is 0 Å². The van der Waals surface area contributed by atoms with Crippen LogP contribution in [0.5, 0.6) is 0 Å². The minimum Gasteiger partial charge on any atom is -0.469 e. The van der Waals surface area contributed by atoms with Gasteiger partial charge in [0.1, 0.15) is 0 Å². The highest BCUT2D eigenvalue weighted by atomic mass is 16.7. The summed E-state index contributed by atoms with van der Waals surface area (Å²) in [7, 11) is 1.05. The summed E-state index contributed by atoms with van der Waals surface area (Å²) in [5.74, 6) is -0.406. The maximum absolute atomic E-state index is 11.4. The molecule has 0 spiro atoms. The standard InChI is InChI=1S/C14H21BO4/c1-13(2)14(3,4)19-15(18-13)11-8-6-10(7-9-11)12(16)17-5/h6,8-10H,7H2,1-5H3. The van der Waals surface area contributed by atoms with Crippen molar-refractivity contribution >= 4 is 13.1 Å². The van der Waals surface area contributed by atoms with Crippen LogP contribution >= 0.6 is 0 Å². The average Bonchev–Trinajstić information content (AvgIpc) is 2.58. The van der Waals surface area contributed by atoms with Crippen LogP contribution in [0.2, 0.25) is 0 Å². The zero-order valence-electron chi connectivity index (χ0n) is 12.2. The first-order valence-corrected chi connectivity index (χ1v) is 6.58. The maximum atomic E-state index is 11.4. The molecule has 0 N–H and O–H groups in total. The predicted octanol–water partition coefficient (Wildman–Crippen LogP) is 2.29. The molecule has 2 rings (SSSR count). The summed E-state index contributed by atoms with van der Waals surface area (Å²) in [4.78, 5) is 11.4. The minimum atomic E-state index is -0.361. The Balaban J connectivity index is 2.06. The fourth-order valence-corrected chi connectivity index (χ4v) is 2.12. The molecule has 4 nitrogen and oxygen atoms in total. The Hall–Kier alpha value is -1.07. The van der Waals surface area contributed by atoms with Gasteiger partial charge in [-0.05, 0) is 39.6 Å². The number of hydrogen-bond donors (Lipinski definition) is 0. The molecule has 2 aliphatic rings. The molecule has 0 radical (unpaired) electrons. The van der Waals surface area contributed by atoms with Crippen molar-refractivity contribution in [3.8, 4) is 0 Å². The van der Waals surface area contributed by atoms with E-state index < -0.39 is 0 Å². The number of methoxy groups -OCH3 is 1. The van der Waals surface area contributed by atoms with Crippen LogP contribution in [0.25, 0.3) is 0 Å². The fraction of sp³-hybridized carbons (Fsp3) is 0.643. The number of esters is 1. The van der Waals surface area contributed by atoms with E-state index in [0.717, 1.165) is 5.47 Å². The molecule has 5 heteroatoms. The van der Waals surface area contributed by atoms with Crippen molar-refractivity contribution in [3.63, 3.8) is 0 Å². The first kappa shape index (κ1) is 14.3. The van der Waals surface area contributed by atoms with Gasteiger partial charge in [-0.3, -0.25) is 4.79 Å². The molecule has 0 aromatic rings. The summed E-state index contributed by atoms with van der Waals surface area (Å²) in [6.07, 6.45) is 6.37. The van der Waals surface area contributed by atoms with Crippen LogP contribution in [-0.2, 0) is 18.8 Å². The third-order valence-corrected chi connectivity index (χ3v) is 4.16. The summed E-state index contributed by atoms with van der Waals surface area (Å²) < 4.78 is 16.7. The van der Waals surface area contributed by atoms with Crippen LogP contribution in [0.3, 0.4) is 0 Å². The molecule has 1 atom stereocenters. The van der Waals surface area contributed by atoms with Gasteiger partial charge in [-0.25, -0.2) is 0 Å². The second-order valence-electron chi connectivity index (χ2n) is 6.02. The minimum absolute atomic E-state index is 0.198.